The molecule has 1 heterocycles. The van der Waals surface area contributed by atoms with Crippen LogP contribution in [0, 0.1) is 13.8 Å². The Morgan fingerprint density at radius 2 is 1.31 bits per heavy atom. The lowest BCUT2D eigenvalue weighted by atomic mass is 9.83. The van der Waals surface area contributed by atoms with E-state index >= 15 is 0 Å². The fourth-order valence-electron chi connectivity index (χ4n) is 3.61. The Bertz CT molecular complexity index is 1010. The lowest BCUT2D eigenvalue weighted by Crippen LogP contribution is -2.12. The maximum absolute atomic E-state index is 11.3. The van der Waals surface area contributed by atoms with Crippen LogP contribution in [0.1, 0.15) is 39.8 Å². The average molecular weight is 341 g/mol. The van der Waals surface area contributed by atoms with Gasteiger partial charge in [0.2, 0.25) is 0 Å². The quantitative estimate of drug-likeness (QED) is 0.494. The highest BCUT2D eigenvalue weighted by molar-refractivity contribution is 5.84. The number of aliphatic hydroxyl groups is 1. The maximum atomic E-state index is 11.3. The number of rotatable bonds is 4. The van der Waals surface area contributed by atoms with Gasteiger partial charge in [0.1, 0.15) is 0 Å². The maximum Gasteiger partial charge on any atom is 0.0899 e. The summed E-state index contributed by atoms with van der Waals surface area (Å²) in [4.78, 5) is 3.35. The molecular weight excluding hydrogens is 318 g/mol. The number of para-hydroxylation sites is 1. The Labute approximate surface area is 154 Å². The van der Waals surface area contributed by atoms with E-state index in [4.69, 9.17) is 0 Å². The van der Waals surface area contributed by atoms with Gasteiger partial charge >= 0.3 is 0 Å². The average Bonchev–Trinajstić information content (AvgIpc) is 3.08. The van der Waals surface area contributed by atoms with Crippen LogP contribution in [0.3, 0.4) is 0 Å². The first-order chi connectivity index (χ1) is 12.6. The third-order valence-corrected chi connectivity index (χ3v) is 5.13. The van der Waals surface area contributed by atoms with E-state index in [1.54, 1.807) is 0 Å². The van der Waals surface area contributed by atoms with Gasteiger partial charge in [-0.05, 0) is 36.6 Å². The molecule has 0 aliphatic heterocycles. The van der Waals surface area contributed by atoms with E-state index in [0.717, 1.165) is 27.6 Å². The molecule has 4 aromatic rings. The minimum Gasteiger partial charge on any atom is -0.387 e. The van der Waals surface area contributed by atoms with Crippen molar-refractivity contribution in [2.75, 3.05) is 0 Å². The van der Waals surface area contributed by atoms with Gasteiger partial charge < -0.3 is 10.1 Å². The van der Waals surface area contributed by atoms with Crippen LogP contribution in [0.4, 0.5) is 0 Å². The zero-order valence-corrected chi connectivity index (χ0v) is 15.1. The molecule has 0 aliphatic rings. The molecule has 0 bridgehead atoms. The normalized spacial score (nSPS) is 13.7. The smallest absolute Gasteiger partial charge is 0.0899 e. The number of hydrogen-bond acceptors (Lipinski definition) is 1. The van der Waals surface area contributed by atoms with Crippen LogP contribution in [-0.4, -0.2) is 10.1 Å². The van der Waals surface area contributed by atoms with Crippen LogP contribution in [0.15, 0.2) is 79.0 Å². The van der Waals surface area contributed by atoms with Crippen molar-refractivity contribution in [1.29, 1.82) is 0 Å². The van der Waals surface area contributed by atoms with Crippen molar-refractivity contribution in [3.8, 4) is 0 Å². The van der Waals surface area contributed by atoms with Crippen molar-refractivity contribution < 1.29 is 5.11 Å². The van der Waals surface area contributed by atoms with Crippen molar-refractivity contribution in [3.05, 3.63) is 107 Å². The van der Waals surface area contributed by atoms with Crippen LogP contribution in [0.5, 0.6) is 0 Å². The van der Waals surface area contributed by atoms with Gasteiger partial charge in [-0.3, -0.25) is 0 Å². The van der Waals surface area contributed by atoms with Gasteiger partial charge in [-0.15, -0.1) is 0 Å². The van der Waals surface area contributed by atoms with Crippen molar-refractivity contribution in [2.24, 2.45) is 0 Å². The second kappa shape index (κ2) is 6.81. The van der Waals surface area contributed by atoms with Gasteiger partial charge in [-0.1, -0.05) is 77.9 Å². The second-order valence-electron chi connectivity index (χ2n) is 7.03. The first-order valence-electron chi connectivity index (χ1n) is 9.00. The van der Waals surface area contributed by atoms with E-state index in [9.17, 15) is 5.11 Å². The van der Waals surface area contributed by atoms with Crippen LogP contribution >= 0.6 is 0 Å². The zero-order valence-electron chi connectivity index (χ0n) is 15.1. The third kappa shape index (κ3) is 3.04. The molecule has 2 N–H and O–H groups in total. The van der Waals surface area contributed by atoms with Crippen LogP contribution in [-0.2, 0) is 0 Å². The Morgan fingerprint density at radius 3 is 1.96 bits per heavy atom. The summed E-state index contributed by atoms with van der Waals surface area (Å²) in [6, 6.07) is 24.9. The number of benzene rings is 3. The number of hydrogen-bond donors (Lipinski definition) is 2. The topological polar surface area (TPSA) is 36.0 Å². The van der Waals surface area contributed by atoms with Crippen molar-refractivity contribution >= 4 is 10.9 Å². The standard InChI is InChI=1S/C24H23NO/c1-16-7-11-18(12-8-16)23(24(26)19-13-9-17(2)10-14-19)21-15-25-22-6-4-3-5-20(21)22/h3-15,23-26H,1-2H3/t23-,24+/m0/s1. The number of aryl methyl sites for hydroxylation is 2. The van der Waals surface area contributed by atoms with Crippen LogP contribution < -0.4 is 0 Å². The summed E-state index contributed by atoms with van der Waals surface area (Å²) in [6.45, 7) is 4.15. The molecule has 130 valence electrons. The molecule has 1 aromatic heterocycles. The molecule has 0 amide bonds. The number of aromatic amines is 1. The molecule has 4 rings (SSSR count). The highest BCUT2D eigenvalue weighted by Gasteiger charge is 2.27. The second-order valence-corrected chi connectivity index (χ2v) is 7.03. The molecule has 0 saturated carbocycles. The predicted molar refractivity (Wildman–Crippen MR) is 107 cm³/mol. The largest absolute Gasteiger partial charge is 0.387 e. The third-order valence-electron chi connectivity index (χ3n) is 5.13. The molecule has 2 heteroatoms. The highest BCUT2D eigenvalue weighted by atomic mass is 16.3. The minimum absolute atomic E-state index is 0.130. The van der Waals surface area contributed by atoms with Gasteiger partial charge in [0.25, 0.3) is 0 Å². The van der Waals surface area contributed by atoms with E-state index in [0.29, 0.717) is 0 Å². The number of nitrogens with one attached hydrogen (secondary N) is 1. The minimum atomic E-state index is -0.613. The summed E-state index contributed by atoms with van der Waals surface area (Å²) < 4.78 is 0. The lowest BCUT2D eigenvalue weighted by molar-refractivity contribution is 0.159. The number of fused-ring (bicyclic) bond motifs is 1. The molecule has 0 spiro atoms. The Hall–Kier alpha value is -2.84. The summed E-state index contributed by atoms with van der Waals surface area (Å²) in [6.07, 6.45) is 1.42. The van der Waals surface area contributed by atoms with Gasteiger partial charge in [0.15, 0.2) is 0 Å². The lowest BCUT2D eigenvalue weighted by Gasteiger charge is -2.24. The molecule has 0 unspecified atom stereocenters. The van der Waals surface area contributed by atoms with Crippen molar-refractivity contribution in [3.63, 3.8) is 0 Å². The summed E-state index contributed by atoms with van der Waals surface area (Å²) in [5.41, 5.74) is 6.68. The predicted octanol–water partition coefficient (Wildman–Crippen LogP) is 5.65. The molecule has 0 fully saturated rings. The number of aliphatic hydroxyl groups excluding tert-OH is 1. The summed E-state index contributed by atoms with van der Waals surface area (Å²) in [5, 5.41) is 12.5. The SMILES string of the molecule is Cc1ccc([C@@H](c2c[nH]c3ccccc23)[C@H](O)c2ccc(C)cc2)cc1. The number of H-pyrrole nitrogens is 1. The van der Waals surface area contributed by atoms with E-state index in [1.807, 2.05) is 30.5 Å². The molecule has 3 aromatic carbocycles. The molecule has 2 nitrogen and oxygen atoms in total. The van der Waals surface area contributed by atoms with Crippen LogP contribution in [0.2, 0.25) is 0 Å². The summed E-state index contributed by atoms with van der Waals surface area (Å²) in [5.74, 6) is -0.130. The molecule has 26 heavy (non-hydrogen) atoms. The van der Waals surface area contributed by atoms with E-state index in [-0.39, 0.29) is 5.92 Å². The van der Waals surface area contributed by atoms with E-state index in [2.05, 4.69) is 67.4 Å². The van der Waals surface area contributed by atoms with Crippen LogP contribution in [0.25, 0.3) is 10.9 Å². The molecule has 0 radical (unpaired) electrons. The van der Waals surface area contributed by atoms with Crippen molar-refractivity contribution in [2.45, 2.75) is 25.9 Å². The molecule has 0 saturated heterocycles. The molecule has 0 aliphatic carbocycles. The van der Waals surface area contributed by atoms with Gasteiger partial charge in [0.05, 0.1) is 6.10 Å². The van der Waals surface area contributed by atoms with E-state index in [1.165, 1.54) is 11.1 Å². The zero-order chi connectivity index (χ0) is 18.1. The first kappa shape index (κ1) is 16.6. The summed E-state index contributed by atoms with van der Waals surface area (Å²) >= 11 is 0. The van der Waals surface area contributed by atoms with Gasteiger partial charge in [-0.25, -0.2) is 0 Å². The highest BCUT2D eigenvalue weighted by Crippen LogP contribution is 2.40. The fourth-order valence-corrected chi connectivity index (χ4v) is 3.61. The monoisotopic (exact) mass is 341 g/mol. The Kier molecular flexibility index (Phi) is 4.36. The van der Waals surface area contributed by atoms with Gasteiger partial charge in [-0.2, -0.15) is 0 Å². The Morgan fingerprint density at radius 1 is 0.731 bits per heavy atom. The molecule has 2 atom stereocenters. The van der Waals surface area contributed by atoms with Gasteiger partial charge in [0, 0.05) is 23.0 Å². The fraction of sp³-hybridized carbons (Fsp3) is 0.167. The van der Waals surface area contributed by atoms with Crippen molar-refractivity contribution in [1.82, 2.24) is 4.98 Å². The van der Waals surface area contributed by atoms with E-state index < -0.39 is 6.10 Å². The molecular formula is C24H23NO. The number of aromatic nitrogens is 1. The first-order valence-corrected chi connectivity index (χ1v) is 9.00. The Balaban J connectivity index is 1.86. The summed E-state index contributed by atoms with van der Waals surface area (Å²) in [7, 11) is 0.